The molecule has 0 atom stereocenters. The summed E-state index contributed by atoms with van der Waals surface area (Å²) in [5.41, 5.74) is 5.47. The molecule has 1 aliphatic rings. The molecule has 0 radical (unpaired) electrons. The van der Waals surface area contributed by atoms with Gasteiger partial charge in [-0.2, -0.15) is 4.98 Å². The highest BCUT2D eigenvalue weighted by Gasteiger charge is 2.44. The molecule has 0 aliphatic heterocycles. The van der Waals surface area contributed by atoms with E-state index in [2.05, 4.69) is 24.0 Å². The van der Waals surface area contributed by atoms with Crippen molar-refractivity contribution in [3.8, 4) is 0 Å². The zero-order chi connectivity index (χ0) is 15.7. The van der Waals surface area contributed by atoms with Crippen molar-refractivity contribution in [1.82, 2.24) is 10.1 Å². The summed E-state index contributed by atoms with van der Waals surface area (Å²) in [6, 6.07) is 0. The van der Waals surface area contributed by atoms with Crippen LogP contribution in [0.2, 0.25) is 0 Å². The van der Waals surface area contributed by atoms with E-state index in [1.54, 1.807) is 0 Å². The van der Waals surface area contributed by atoms with Gasteiger partial charge in [-0.05, 0) is 51.9 Å². The summed E-state index contributed by atoms with van der Waals surface area (Å²) >= 11 is 0. The molecule has 1 saturated carbocycles. The molecule has 5 nitrogen and oxygen atoms in total. The van der Waals surface area contributed by atoms with Crippen LogP contribution in [0.5, 0.6) is 0 Å². The number of nitrogens with zero attached hydrogens (tertiary/aromatic N) is 2. The quantitative estimate of drug-likeness (QED) is 0.903. The Morgan fingerprint density at radius 2 is 1.86 bits per heavy atom. The van der Waals surface area contributed by atoms with E-state index in [-0.39, 0.29) is 5.41 Å². The Hall–Kier alpha value is -0.940. The second kappa shape index (κ2) is 5.69. The topological polar surface area (TPSA) is 74.2 Å². The number of rotatable bonds is 5. The van der Waals surface area contributed by atoms with E-state index in [1.165, 1.54) is 0 Å². The van der Waals surface area contributed by atoms with Crippen molar-refractivity contribution in [2.45, 2.75) is 71.3 Å². The first-order chi connectivity index (χ1) is 9.75. The summed E-state index contributed by atoms with van der Waals surface area (Å²) in [7, 11) is 0. The summed E-state index contributed by atoms with van der Waals surface area (Å²) in [5, 5.41) is 4.23. The van der Waals surface area contributed by atoms with Gasteiger partial charge in [0, 0.05) is 13.2 Å². The van der Waals surface area contributed by atoms with Gasteiger partial charge in [-0.1, -0.05) is 19.0 Å². The third kappa shape index (κ3) is 3.29. The summed E-state index contributed by atoms with van der Waals surface area (Å²) in [6.07, 6.45) is 4.10. The molecule has 1 fully saturated rings. The van der Waals surface area contributed by atoms with Gasteiger partial charge in [0.05, 0.1) is 5.41 Å². The van der Waals surface area contributed by atoms with Gasteiger partial charge in [-0.3, -0.25) is 0 Å². The highest BCUT2D eigenvalue weighted by atomic mass is 16.5. The van der Waals surface area contributed by atoms with Crippen molar-refractivity contribution in [3.63, 3.8) is 0 Å². The van der Waals surface area contributed by atoms with Crippen LogP contribution in [0.15, 0.2) is 4.52 Å². The fourth-order valence-corrected chi connectivity index (χ4v) is 2.81. The van der Waals surface area contributed by atoms with Crippen LogP contribution in [0, 0.1) is 5.41 Å². The van der Waals surface area contributed by atoms with Crippen LogP contribution in [0.4, 0.5) is 0 Å². The van der Waals surface area contributed by atoms with Crippen molar-refractivity contribution in [2.75, 3.05) is 13.2 Å². The zero-order valence-corrected chi connectivity index (χ0v) is 14.0. The number of nitrogens with two attached hydrogens (primary N) is 1. The maximum atomic E-state index is 6.09. The second-order valence-corrected chi connectivity index (χ2v) is 7.60. The minimum atomic E-state index is -0.392. The normalized spacial score (nSPS) is 21.4. The summed E-state index contributed by atoms with van der Waals surface area (Å²) in [6.45, 7) is 11.8. The summed E-state index contributed by atoms with van der Waals surface area (Å²) in [5.74, 6) is 1.29. The molecule has 1 aromatic rings. The van der Waals surface area contributed by atoms with Gasteiger partial charge in [0.25, 0.3) is 0 Å². The molecular formula is C16H29N3O2. The van der Waals surface area contributed by atoms with Crippen LogP contribution in [0.25, 0.3) is 0 Å². The van der Waals surface area contributed by atoms with E-state index in [0.717, 1.165) is 25.7 Å². The maximum absolute atomic E-state index is 6.09. The first-order valence-electron chi connectivity index (χ1n) is 7.93. The van der Waals surface area contributed by atoms with E-state index < -0.39 is 5.60 Å². The molecule has 0 saturated heterocycles. The molecule has 21 heavy (non-hydrogen) atoms. The molecule has 2 N–H and O–H groups in total. The molecule has 5 heteroatoms. The van der Waals surface area contributed by atoms with Gasteiger partial charge in [0.2, 0.25) is 11.7 Å². The van der Waals surface area contributed by atoms with E-state index in [4.69, 9.17) is 15.0 Å². The lowest BCUT2D eigenvalue weighted by molar-refractivity contribution is -0.0957. The molecule has 0 bridgehead atoms. The largest absolute Gasteiger partial charge is 0.367 e. The van der Waals surface area contributed by atoms with Gasteiger partial charge in [-0.25, -0.2) is 0 Å². The first-order valence-corrected chi connectivity index (χ1v) is 7.93. The average Bonchev–Trinajstić information content (AvgIpc) is 2.93. The summed E-state index contributed by atoms with van der Waals surface area (Å²) in [4.78, 5) is 4.63. The minimum Gasteiger partial charge on any atom is -0.367 e. The Labute approximate surface area is 127 Å². The molecule has 120 valence electrons. The number of ether oxygens (including phenoxy) is 1. The molecule has 2 rings (SSSR count). The van der Waals surface area contributed by atoms with Crippen LogP contribution in [0.1, 0.15) is 72.0 Å². The van der Waals surface area contributed by atoms with Gasteiger partial charge in [-0.15, -0.1) is 0 Å². The van der Waals surface area contributed by atoms with Crippen molar-refractivity contribution in [2.24, 2.45) is 11.1 Å². The lowest BCUT2D eigenvalue weighted by Gasteiger charge is -2.41. The molecule has 1 heterocycles. The van der Waals surface area contributed by atoms with Crippen LogP contribution < -0.4 is 5.73 Å². The van der Waals surface area contributed by atoms with Crippen LogP contribution in [-0.4, -0.2) is 23.3 Å². The smallest absolute Gasteiger partial charge is 0.233 e. The zero-order valence-electron chi connectivity index (χ0n) is 14.0. The predicted octanol–water partition coefficient (Wildman–Crippen LogP) is 3.14. The SMILES string of the molecule is CCOC1(c2noc(C(C)(C)CN)n2)CCC(C)(C)CC1. The van der Waals surface area contributed by atoms with Crippen LogP contribution in [-0.2, 0) is 15.8 Å². The highest BCUT2D eigenvalue weighted by molar-refractivity contribution is 5.09. The molecule has 0 aromatic carbocycles. The molecule has 1 aromatic heterocycles. The monoisotopic (exact) mass is 295 g/mol. The van der Waals surface area contributed by atoms with Crippen molar-refractivity contribution < 1.29 is 9.26 Å². The Balaban J connectivity index is 2.28. The lowest BCUT2D eigenvalue weighted by Crippen LogP contribution is -2.38. The third-order valence-electron chi connectivity index (χ3n) is 4.75. The molecule has 0 spiro atoms. The number of hydrogen-bond donors (Lipinski definition) is 1. The van der Waals surface area contributed by atoms with E-state index in [0.29, 0.717) is 30.3 Å². The van der Waals surface area contributed by atoms with Gasteiger partial charge in [0.15, 0.2) is 0 Å². The first kappa shape index (κ1) is 16.4. The fraction of sp³-hybridized carbons (Fsp3) is 0.875. The standard InChI is InChI=1S/C16H29N3O2/c1-6-20-16(9-7-14(2,3)8-10-16)12-18-13(21-19-12)15(4,5)11-17/h6-11,17H2,1-5H3. The summed E-state index contributed by atoms with van der Waals surface area (Å²) < 4.78 is 11.6. The number of hydrogen-bond acceptors (Lipinski definition) is 5. The Morgan fingerprint density at radius 3 is 2.38 bits per heavy atom. The van der Waals surface area contributed by atoms with Crippen LogP contribution >= 0.6 is 0 Å². The van der Waals surface area contributed by atoms with Crippen LogP contribution in [0.3, 0.4) is 0 Å². The Bertz CT molecular complexity index is 470. The lowest BCUT2D eigenvalue weighted by atomic mass is 9.70. The molecule has 1 aliphatic carbocycles. The van der Waals surface area contributed by atoms with E-state index in [9.17, 15) is 0 Å². The minimum absolute atomic E-state index is 0.299. The predicted molar refractivity (Wildman–Crippen MR) is 81.9 cm³/mol. The third-order valence-corrected chi connectivity index (χ3v) is 4.75. The van der Waals surface area contributed by atoms with E-state index in [1.807, 2.05) is 20.8 Å². The Kier molecular flexibility index (Phi) is 4.45. The fourth-order valence-electron chi connectivity index (χ4n) is 2.81. The molecule has 0 unspecified atom stereocenters. The molecular weight excluding hydrogens is 266 g/mol. The number of aromatic nitrogens is 2. The Morgan fingerprint density at radius 1 is 1.24 bits per heavy atom. The van der Waals surface area contributed by atoms with Crippen molar-refractivity contribution in [1.29, 1.82) is 0 Å². The maximum Gasteiger partial charge on any atom is 0.233 e. The highest BCUT2D eigenvalue weighted by Crippen LogP contribution is 2.46. The van der Waals surface area contributed by atoms with Gasteiger partial charge < -0.3 is 15.0 Å². The van der Waals surface area contributed by atoms with Gasteiger partial charge >= 0.3 is 0 Å². The van der Waals surface area contributed by atoms with Crippen molar-refractivity contribution in [3.05, 3.63) is 11.7 Å². The van der Waals surface area contributed by atoms with Crippen molar-refractivity contribution >= 4 is 0 Å². The van der Waals surface area contributed by atoms with E-state index >= 15 is 0 Å². The van der Waals surface area contributed by atoms with Gasteiger partial charge in [0.1, 0.15) is 5.60 Å². The molecule has 0 amide bonds. The average molecular weight is 295 g/mol. The second-order valence-electron chi connectivity index (χ2n) is 7.60.